The number of nitrogens with zero attached hydrogens (tertiary/aromatic N) is 3. The summed E-state index contributed by atoms with van der Waals surface area (Å²) < 4.78 is 6.65. The number of hydrogen-bond donors (Lipinski definition) is 3. The average molecular weight is 272 g/mol. The Labute approximate surface area is 113 Å². The van der Waals surface area contributed by atoms with Gasteiger partial charge in [-0.2, -0.15) is 0 Å². The second kappa shape index (κ2) is 8.21. The molecule has 1 rings (SSSR count). The standard InChI is InChI=1S/C12H24N4O3/c1-12(18,4-7-19-2)10-13-8-11-9-16(15-14-11)5-3-6-17/h9,13,17-18H,3-8,10H2,1-2H3. The van der Waals surface area contributed by atoms with Crippen molar-refractivity contribution < 1.29 is 14.9 Å². The van der Waals surface area contributed by atoms with Crippen molar-refractivity contribution in [3.63, 3.8) is 0 Å². The van der Waals surface area contributed by atoms with Gasteiger partial charge >= 0.3 is 0 Å². The van der Waals surface area contributed by atoms with Crippen molar-refractivity contribution >= 4 is 0 Å². The second-order valence-electron chi connectivity index (χ2n) is 4.89. The van der Waals surface area contributed by atoms with E-state index >= 15 is 0 Å². The molecule has 0 radical (unpaired) electrons. The highest BCUT2D eigenvalue weighted by atomic mass is 16.5. The number of nitrogens with one attached hydrogen (secondary N) is 1. The first kappa shape index (κ1) is 16.0. The molecule has 1 aromatic rings. The smallest absolute Gasteiger partial charge is 0.0964 e. The molecule has 0 saturated carbocycles. The first-order valence-electron chi connectivity index (χ1n) is 6.49. The molecule has 0 aliphatic rings. The highest BCUT2D eigenvalue weighted by molar-refractivity contribution is 4.92. The fourth-order valence-electron chi connectivity index (χ4n) is 1.63. The normalized spacial score (nSPS) is 14.5. The van der Waals surface area contributed by atoms with Gasteiger partial charge in [0.05, 0.1) is 11.3 Å². The first-order chi connectivity index (χ1) is 9.07. The van der Waals surface area contributed by atoms with Gasteiger partial charge in [0.1, 0.15) is 0 Å². The lowest BCUT2D eigenvalue weighted by Crippen LogP contribution is -2.38. The predicted molar refractivity (Wildman–Crippen MR) is 70.5 cm³/mol. The topological polar surface area (TPSA) is 92.4 Å². The fourth-order valence-corrected chi connectivity index (χ4v) is 1.63. The quantitative estimate of drug-likeness (QED) is 0.534. The molecule has 0 spiro atoms. The molecule has 0 fully saturated rings. The molecule has 0 saturated heterocycles. The van der Waals surface area contributed by atoms with Crippen LogP contribution in [0.5, 0.6) is 0 Å². The van der Waals surface area contributed by atoms with E-state index < -0.39 is 5.60 Å². The zero-order valence-corrected chi connectivity index (χ0v) is 11.7. The van der Waals surface area contributed by atoms with Crippen LogP contribution < -0.4 is 5.32 Å². The zero-order chi connectivity index (χ0) is 14.1. The number of ether oxygens (including phenoxy) is 1. The van der Waals surface area contributed by atoms with Gasteiger partial charge in [-0.25, -0.2) is 0 Å². The van der Waals surface area contributed by atoms with Crippen LogP contribution in [0.25, 0.3) is 0 Å². The SMILES string of the molecule is COCCC(C)(O)CNCc1cn(CCCO)nn1. The molecular formula is C12H24N4O3. The van der Waals surface area contributed by atoms with Crippen LogP contribution in [0.15, 0.2) is 6.20 Å². The Bertz CT molecular complexity index is 354. The van der Waals surface area contributed by atoms with Crippen molar-refractivity contribution in [3.8, 4) is 0 Å². The van der Waals surface area contributed by atoms with Gasteiger partial charge in [-0.1, -0.05) is 5.21 Å². The van der Waals surface area contributed by atoms with Gasteiger partial charge in [0.2, 0.25) is 0 Å². The highest BCUT2D eigenvalue weighted by Gasteiger charge is 2.19. The first-order valence-corrected chi connectivity index (χ1v) is 6.49. The molecule has 1 aromatic heterocycles. The van der Waals surface area contributed by atoms with Crippen LogP contribution in [-0.4, -0.2) is 57.7 Å². The summed E-state index contributed by atoms with van der Waals surface area (Å²) in [4.78, 5) is 0. The van der Waals surface area contributed by atoms with Crippen molar-refractivity contribution in [1.82, 2.24) is 20.3 Å². The molecule has 19 heavy (non-hydrogen) atoms. The van der Waals surface area contributed by atoms with Crippen LogP contribution in [0.1, 0.15) is 25.5 Å². The molecule has 110 valence electrons. The number of aliphatic hydroxyl groups excluding tert-OH is 1. The van der Waals surface area contributed by atoms with Gasteiger partial charge in [0, 0.05) is 52.6 Å². The minimum Gasteiger partial charge on any atom is -0.396 e. The van der Waals surface area contributed by atoms with E-state index in [-0.39, 0.29) is 6.61 Å². The number of methoxy groups -OCH3 is 1. The van der Waals surface area contributed by atoms with Crippen LogP contribution in [0, 0.1) is 0 Å². The summed E-state index contributed by atoms with van der Waals surface area (Å²) in [5.74, 6) is 0. The lowest BCUT2D eigenvalue weighted by molar-refractivity contribution is 0.0247. The molecule has 3 N–H and O–H groups in total. The third-order valence-electron chi connectivity index (χ3n) is 2.79. The molecule has 1 heterocycles. The van der Waals surface area contributed by atoms with Gasteiger partial charge in [0.25, 0.3) is 0 Å². The summed E-state index contributed by atoms with van der Waals surface area (Å²) in [7, 11) is 1.62. The Balaban J connectivity index is 2.26. The number of hydrogen-bond acceptors (Lipinski definition) is 6. The van der Waals surface area contributed by atoms with Crippen molar-refractivity contribution in [2.75, 3.05) is 26.9 Å². The maximum atomic E-state index is 10.0. The highest BCUT2D eigenvalue weighted by Crippen LogP contribution is 2.07. The van der Waals surface area contributed by atoms with Crippen molar-refractivity contribution in [3.05, 3.63) is 11.9 Å². The molecule has 0 aromatic carbocycles. The monoisotopic (exact) mass is 272 g/mol. The molecule has 0 aliphatic carbocycles. The number of aliphatic hydroxyl groups is 2. The van der Waals surface area contributed by atoms with Crippen molar-refractivity contribution in [2.24, 2.45) is 0 Å². The number of aryl methyl sites for hydroxylation is 1. The van der Waals surface area contributed by atoms with E-state index in [1.165, 1.54) is 0 Å². The van der Waals surface area contributed by atoms with Crippen LogP contribution in [-0.2, 0) is 17.8 Å². The van der Waals surface area contributed by atoms with E-state index in [1.807, 2.05) is 6.20 Å². The van der Waals surface area contributed by atoms with Crippen molar-refractivity contribution in [1.29, 1.82) is 0 Å². The number of aromatic nitrogens is 3. The van der Waals surface area contributed by atoms with Crippen molar-refractivity contribution in [2.45, 2.75) is 38.5 Å². The van der Waals surface area contributed by atoms with Gasteiger partial charge < -0.3 is 20.3 Å². The van der Waals surface area contributed by atoms with E-state index in [1.54, 1.807) is 18.7 Å². The molecule has 1 unspecified atom stereocenters. The third-order valence-corrected chi connectivity index (χ3v) is 2.79. The Morgan fingerprint density at radius 2 is 2.32 bits per heavy atom. The van der Waals surface area contributed by atoms with Crippen LogP contribution in [0.2, 0.25) is 0 Å². The second-order valence-corrected chi connectivity index (χ2v) is 4.89. The Morgan fingerprint density at radius 3 is 3.00 bits per heavy atom. The molecule has 1 atom stereocenters. The van der Waals surface area contributed by atoms with Crippen LogP contribution >= 0.6 is 0 Å². The van der Waals surface area contributed by atoms with Gasteiger partial charge in [0.15, 0.2) is 0 Å². The van der Waals surface area contributed by atoms with E-state index in [2.05, 4.69) is 15.6 Å². The molecule has 0 bridgehead atoms. The van der Waals surface area contributed by atoms with Crippen LogP contribution in [0.3, 0.4) is 0 Å². The van der Waals surface area contributed by atoms with E-state index in [0.29, 0.717) is 39.1 Å². The minimum atomic E-state index is -0.789. The summed E-state index contributed by atoms with van der Waals surface area (Å²) in [6.45, 7) is 4.15. The lowest BCUT2D eigenvalue weighted by Gasteiger charge is -2.22. The van der Waals surface area contributed by atoms with Crippen LogP contribution in [0.4, 0.5) is 0 Å². The maximum absolute atomic E-state index is 10.0. The summed E-state index contributed by atoms with van der Waals surface area (Å²) in [5, 5.41) is 29.9. The molecule has 0 amide bonds. The Hall–Kier alpha value is -1.02. The number of rotatable bonds is 10. The average Bonchev–Trinajstić information content (AvgIpc) is 2.82. The minimum absolute atomic E-state index is 0.149. The largest absolute Gasteiger partial charge is 0.396 e. The Kier molecular flexibility index (Phi) is 6.93. The predicted octanol–water partition coefficient (Wildman–Crippen LogP) is -0.462. The Morgan fingerprint density at radius 1 is 1.53 bits per heavy atom. The van der Waals surface area contributed by atoms with E-state index in [0.717, 1.165) is 5.69 Å². The lowest BCUT2D eigenvalue weighted by atomic mass is 10.0. The maximum Gasteiger partial charge on any atom is 0.0964 e. The van der Waals surface area contributed by atoms with Gasteiger partial charge in [-0.3, -0.25) is 4.68 Å². The van der Waals surface area contributed by atoms with E-state index in [4.69, 9.17) is 9.84 Å². The molecule has 7 heteroatoms. The summed E-state index contributed by atoms with van der Waals surface area (Å²) >= 11 is 0. The molecule has 7 nitrogen and oxygen atoms in total. The molecular weight excluding hydrogens is 248 g/mol. The summed E-state index contributed by atoms with van der Waals surface area (Å²) in [5.41, 5.74) is 0.0311. The van der Waals surface area contributed by atoms with Gasteiger partial charge in [-0.05, 0) is 13.3 Å². The van der Waals surface area contributed by atoms with Gasteiger partial charge in [-0.15, -0.1) is 5.10 Å². The summed E-state index contributed by atoms with van der Waals surface area (Å²) in [6, 6.07) is 0. The zero-order valence-electron chi connectivity index (χ0n) is 11.7. The van der Waals surface area contributed by atoms with E-state index in [9.17, 15) is 5.11 Å². The fraction of sp³-hybridized carbons (Fsp3) is 0.833. The molecule has 0 aliphatic heterocycles. The summed E-state index contributed by atoms with van der Waals surface area (Å²) in [6.07, 6.45) is 3.09. The third kappa shape index (κ3) is 6.63.